The second kappa shape index (κ2) is 6.62. The minimum absolute atomic E-state index is 0.0811. The van der Waals surface area contributed by atoms with Gasteiger partial charge in [0.05, 0.1) is 10.6 Å². The first-order valence-electron chi connectivity index (χ1n) is 7.27. The highest BCUT2D eigenvalue weighted by molar-refractivity contribution is 6.33. The minimum atomic E-state index is -0.125. The van der Waals surface area contributed by atoms with Crippen LogP contribution < -0.4 is 10.6 Å². The SMILES string of the molecule is CNc1ncc(C(=O)NCC2(N(C)C)CCCC2)cc1Cl. The molecule has 1 aliphatic rings. The predicted octanol–water partition coefficient (Wildman–Crippen LogP) is 2.38. The number of amides is 1. The lowest BCUT2D eigenvalue weighted by atomic mass is 9.96. The van der Waals surface area contributed by atoms with Crippen LogP contribution in [0.2, 0.25) is 5.02 Å². The van der Waals surface area contributed by atoms with E-state index < -0.39 is 0 Å². The van der Waals surface area contributed by atoms with Gasteiger partial charge in [-0.25, -0.2) is 4.98 Å². The fourth-order valence-corrected chi connectivity index (χ4v) is 3.17. The number of likely N-dealkylation sites (N-methyl/N-ethyl adjacent to an activating group) is 1. The molecule has 1 aromatic heterocycles. The Balaban J connectivity index is 2.03. The Kier molecular flexibility index (Phi) is 5.06. The second-order valence-corrected chi connectivity index (χ2v) is 6.22. The number of anilines is 1. The van der Waals surface area contributed by atoms with Gasteiger partial charge >= 0.3 is 0 Å². The maximum Gasteiger partial charge on any atom is 0.252 e. The van der Waals surface area contributed by atoms with Crippen LogP contribution in [0.1, 0.15) is 36.0 Å². The molecule has 1 amide bonds. The van der Waals surface area contributed by atoms with E-state index in [4.69, 9.17) is 11.6 Å². The molecule has 1 heterocycles. The van der Waals surface area contributed by atoms with Crippen molar-refractivity contribution in [1.82, 2.24) is 15.2 Å². The summed E-state index contributed by atoms with van der Waals surface area (Å²) in [5.41, 5.74) is 0.573. The maximum atomic E-state index is 12.3. The molecule has 116 valence electrons. The van der Waals surface area contributed by atoms with Crippen LogP contribution in [-0.4, -0.2) is 49.0 Å². The number of aromatic nitrogens is 1. The summed E-state index contributed by atoms with van der Waals surface area (Å²) in [5, 5.41) is 6.36. The van der Waals surface area contributed by atoms with Gasteiger partial charge in [0.15, 0.2) is 0 Å². The maximum absolute atomic E-state index is 12.3. The molecule has 2 rings (SSSR count). The van der Waals surface area contributed by atoms with Crippen LogP contribution >= 0.6 is 11.6 Å². The molecule has 1 saturated carbocycles. The highest BCUT2D eigenvalue weighted by Gasteiger charge is 2.36. The minimum Gasteiger partial charge on any atom is -0.372 e. The third kappa shape index (κ3) is 3.47. The van der Waals surface area contributed by atoms with E-state index in [1.165, 1.54) is 12.8 Å². The van der Waals surface area contributed by atoms with Crippen molar-refractivity contribution in [2.75, 3.05) is 33.0 Å². The van der Waals surface area contributed by atoms with Crippen molar-refractivity contribution in [2.24, 2.45) is 0 Å². The third-order valence-corrected chi connectivity index (χ3v) is 4.69. The molecule has 0 radical (unpaired) electrons. The van der Waals surface area contributed by atoms with Crippen molar-refractivity contribution >= 4 is 23.3 Å². The molecule has 21 heavy (non-hydrogen) atoms. The lowest BCUT2D eigenvalue weighted by Crippen LogP contribution is -2.50. The van der Waals surface area contributed by atoms with Crippen LogP contribution in [-0.2, 0) is 0 Å². The molecule has 0 unspecified atom stereocenters. The highest BCUT2D eigenvalue weighted by Crippen LogP contribution is 2.33. The fourth-order valence-electron chi connectivity index (χ4n) is 2.91. The van der Waals surface area contributed by atoms with Crippen molar-refractivity contribution in [3.63, 3.8) is 0 Å². The standard InChI is InChI=1S/C15H23ClN4O/c1-17-13-12(16)8-11(9-18-13)14(21)19-10-15(20(2)3)6-4-5-7-15/h8-9H,4-7,10H2,1-3H3,(H,17,18)(H,19,21). The van der Waals surface area contributed by atoms with Gasteiger partial charge in [-0.15, -0.1) is 0 Å². The lowest BCUT2D eigenvalue weighted by Gasteiger charge is -2.36. The summed E-state index contributed by atoms with van der Waals surface area (Å²) >= 11 is 6.07. The molecule has 5 nitrogen and oxygen atoms in total. The van der Waals surface area contributed by atoms with Crippen LogP contribution in [0.15, 0.2) is 12.3 Å². The predicted molar refractivity (Wildman–Crippen MR) is 86.0 cm³/mol. The van der Waals surface area contributed by atoms with Crippen molar-refractivity contribution in [3.05, 3.63) is 22.8 Å². The van der Waals surface area contributed by atoms with E-state index >= 15 is 0 Å². The Morgan fingerprint density at radius 3 is 2.62 bits per heavy atom. The molecule has 6 heteroatoms. The average Bonchev–Trinajstić information content (AvgIpc) is 2.95. The number of nitrogens with one attached hydrogen (secondary N) is 2. The summed E-state index contributed by atoms with van der Waals surface area (Å²) in [6, 6.07) is 1.65. The molecule has 1 fully saturated rings. The van der Waals surface area contributed by atoms with Gasteiger partial charge < -0.3 is 15.5 Å². The average molecular weight is 311 g/mol. The Bertz CT molecular complexity index is 512. The van der Waals surface area contributed by atoms with Gasteiger partial charge in [-0.1, -0.05) is 24.4 Å². The van der Waals surface area contributed by atoms with Crippen LogP contribution in [0.5, 0.6) is 0 Å². The van der Waals surface area contributed by atoms with Gasteiger partial charge in [-0.3, -0.25) is 4.79 Å². The van der Waals surface area contributed by atoms with Gasteiger partial charge in [0.25, 0.3) is 5.91 Å². The van der Waals surface area contributed by atoms with Crippen LogP contribution in [0.3, 0.4) is 0 Å². The van der Waals surface area contributed by atoms with E-state index in [2.05, 4.69) is 34.6 Å². The smallest absolute Gasteiger partial charge is 0.252 e. The van der Waals surface area contributed by atoms with E-state index in [-0.39, 0.29) is 11.4 Å². The monoisotopic (exact) mass is 310 g/mol. The van der Waals surface area contributed by atoms with Gasteiger partial charge in [-0.2, -0.15) is 0 Å². The quantitative estimate of drug-likeness (QED) is 0.877. The zero-order valence-corrected chi connectivity index (χ0v) is 13.6. The molecular formula is C15H23ClN4O. The van der Waals surface area contributed by atoms with Gasteiger partial charge in [0.2, 0.25) is 0 Å². The van der Waals surface area contributed by atoms with Gasteiger partial charge in [-0.05, 0) is 33.0 Å². The number of hydrogen-bond donors (Lipinski definition) is 2. The van der Waals surface area contributed by atoms with E-state index in [9.17, 15) is 4.79 Å². The number of pyridine rings is 1. The molecule has 1 aromatic rings. The Morgan fingerprint density at radius 2 is 2.10 bits per heavy atom. The summed E-state index contributed by atoms with van der Waals surface area (Å²) in [6.07, 6.45) is 6.23. The van der Waals surface area contributed by atoms with E-state index in [1.807, 2.05) is 0 Å². The zero-order chi connectivity index (χ0) is 15.5. The number of carbonyl (C=O) groups excluding carboxylic acids is 1. The number of halogens is 1. The number of hydrogen-bond acceptors (Lipinski definition) is 4. The Labute approximate surface area is 131 Å². The molecule has 0 saturated heterocycles. The normalized spacial score (nSPS) is 17.0. The van der Waals surface area contributed by atoms with E-state index in [0.29, 0.717) is 22.9 Å². The lowest BCUT2D eigenvalue weighted by molar-refractivity contribution is 0.0899. The number of nitrogens with zero attached hydrogens (tertiary/aromatic N) is 2. The second-order valence-electron chi connectivity index (χ2n) is 5.81. The van der Waals surface area contributed by atoms with E-state index in [0.717, 1.165) is 12.8 Å². The highest BCUT2D eigenvalue weighted by atomic mass is 35.5. The number of carbonyl (C=O) groups is 1. The molecule has 1 aliphatic carbocycles. The zero-order valence-electron chi connectivity index (χ0n) is 12.9. The fraction of sp³-hybridized carbons (Fsp3) is 0.600. The summed E-state index contributed by atoms with van der Waals surface area (Å²) in [4.78, 5) is 18.6. The molecule has 0 aromatic carbocycles. The molecular weight excluding hydrogens is 288 g/mol. The Morgan fingerprint density at radius 1 is 1.43 bits per heavy atom. The van der Waals surface area contributed by atoms with E-state index in [1.54, 1.807) is 19.3 Å². The largest absolute Gasteiger partial charge is 0.372 e. The summed E-state index contributed by atoms with van der Waals surface area (Å²) in [5.74, 6) is 0.453. The van der Waals surface area contributed by atoms with Crippen molar-refractivity contribution in [3.8, 4) is 0 Å². The van der Waals surface area contributed by atoms with Gasteiger partial charge in [0, 0.05) is 25.3 Å². The summed E-state index contributed by atoms with van der Waals surface area (Å²) in [7, 11) is 5.91. The number of rotatable bonds is 5. The topological polar surface area (TPSA) is 57.3 Å². The summed E-state index contributed by atoms with van der Waals surface area (Å²) < 4.78 is 0. The van der Waals surface area contributed by atoms with Crippen LogP contribution in [0.4, 0.5) is 5.82 Å². The first kappa shape index (κ1) is 16.0. The van der Waals surface area contributed by atoms with Crippen molar-refractivity contribution in [2.45, 2.75) is 31.2 Å². The molecule has 2 N–H and O–H groups in total. The molecule has 0 aliphatic heterocycles. The summed E-state index contributed by atoms with van der Waals surface area (Å²) in [6.45, 7) is 0.657. The van der Waals surface area contributed by atoms with Crippen molar-refractivity contribution in [1.29, 1.82) is 0 Å². The molecule has 0 spiro atoms. The molecule has 0 atom stereocenters. The third-order valence-electron chi connectivity index (χ3n) is 4.40. The van der Waals surface area contributed by atoms with Crippen LogP contribution in [0, 0.1) is 0 Å². The first-order chi connectivity index (χ1) is 9.98. The van der Waals surface area contributed by atoms with Gasteiger partial charge in [0.1, 0.15) is 5.82 Å². The van der Waals surface area contributed by atoms with Crippen LogP contribution in [0.25, 0.3) is 0 Å². The van der Waals surface area contributed by atoms with Crippen molar-refractivity contribution < 1.29 is 4.79 Å². The molecule has 0 bridgehead atoms. The first-order valence-corrected chi connectivity index (χ1v) is 7.65. The Hall–Kier alpha value is -1.33.